The summed E-state index contributed by atoms with van der Waals surface area (Å²) in [5, 5.41) is 0. The summed E-state index contributed by atoms with van der Waals surface area (Å²) in [5.74, 6) is 1.76. The molecule has 0 aromatic heterocycles. The van der Waals surface area contributed by atoms with E-state index < -0.39 is 0 Å². The van der Waals surface area contributed by atoms with E-state index in [0.717, 1.165) is 44.3 Å². The van der Waals surface area contributed by atoms with Crippen LogP contribution in [0.5, 0.6) is 5.75 Å². The molecule has 1 saturated carbocycles. The van der Waals surface area contributed by atoms with Crippen molar-refractivity contribution in [2.75, 3.05) is 26.2 Å². The third-order valence-corrected chi connectivity index (χ3v) is 6.05. The van der Waals surface area contributed by atoms with Crippen LogP contribution >= 0.6 is 0 Å². The van der Waals surface area contributed by atoms with Crippen LogP contribution < -0.4 is 4.74 Å². The predicted octanol–water partition coefficient (Wildman–Crippen LogP) is 3.31. The maximum atomic E-state index is 12.4. The molecule has 2 heterocycles. The van der Waals surface area contributed by atoms with Crippen LogP contribution in [0.25, 0.3) is 0 Å². The van der Waals surface area contributed by atoms with Crippen LogP contribution in [0.4, 0.5) is 0 Å². The summed E-state index contributed by atoms with van der Waals surface area (Å²) in [7, 11) is 0. The molecule has 2 saturated heterocycles. The Labute approximate surface area is 151 Å². The van der Waals surface area contributed by atoms with Crippen molar-refractivity contribution in [3.8, 4) is 5.75 Å². The highest BCUT2D eigenvalue weighted by Crippen LogP contribution is 2.56. The van der Waals surface area contributed by atoms with Crippen LogP contribution in [0.3, 0.4) is 0 Å². The molecule has 136 valence electrons. The fourth-order valence-corrected chi connectivity index (χ4v) is 4.31. The van der Waals surface area contributed by atoms with Gasteiger partial charge in [-0.25, -0.2) is 0 Å². The minimum absolute atomic E-state index is 0.319. The van der Waals surface area contributed by atoms with Crippen molar-refractivity contribution in [2.24, 2.45) is 11.3 Å². The van der Waals surface area contributed by atoms with E-state index in [9.17, 15) is 4.79 Å². The lowest BCUT2D eigenvalue weighted by molar-refractivity contribution is -0.136. The second-order valence-electron chi connectivity index (χ2n) is 8.57. The van der Waals surface area contributed by atoms with Gasteiger partial charge >= 0.3 is 0 Å². The summed E-state index contributed by atoms with van der Waals surface area (Å²) in [6, 6.07) is 9.00. The molecule has 25 heavy (non-hydrogen) atoms. The maximum absolute atomic E-state index is 12.4. The Morgan fingerprint density at radius 2 is 2.00 bits per heavy atom. The fraction of sp³-hybridized carbons (Fsp3) is 0.667. The number of benzene rings is 1. The van der Waals surface area contributed by atoms with Crippen LogP contribution in [-0.2, 0) is 11.3 Å². The van der Waals surface area contributed by atoms with E-state index in [1.54, 1.807) is 0 Å². The Kier molecular flexibility index (Phi) is 4.48. The van der Waals surface area contributed by atoms with Crippen molar-refractivity contribution in [2.45, 2.75) is 52.1 Å². The van der Waals surface area contributed by atoms with Crippen molar-refractivity contribution in [1.29, 1.82) is 0 Å². The molecule has 4 nitrogen and oxygen atoms in total. The van der Waals surface area contributed by atoms with Gasteiger partial charge in [-0.3, -0.25) is 9.69 Å². The Morgan fingerprint density at radius 1 is 1.24 bits per heavy atom. The number of rotatable bonds is 6. The minimum atomic E-state index is 0.319. The zero-order valence-corrected chi connectivity index (χ0v) is 15.5. The minimum Gasteiger partial charge on any atom is -0.493 e. The number of likely N-dealkylation sites (tertiary alicyclic amines) is 2. The van der Waals surface area contributed by atoms with Crippen molar-refractivity contribution in [1.82, 2.24) is 9.80 Å². The summed E-state index contributed by atoms with van der Waals surface area (Å²) in [4.78, 5) is 17.1. The molecule has 3 aliphatic rings. The highest BCUT2D eigenvalue weighted by atomic mass is 16.5. The van der Waals surface area contributed by atoms with Gasteiger partial charge in [-0.1, -0.05) is 26.0 Å². The van der Waals surface area contributed by atoms with Crippen LogP contribution in [0.1, 0.15) is 45.1 Å². The predicted molar refractivity (Wildman–Crippen MR) is 98.5 cm³/mol. The third kappa shape index (κ3) is 3.55. The van der Waals surface area contributed by atoms with Gasteiger partial charge < -0.3 is 9.64 Å². The van der Waals surface area contributed by atoms with E-state index in [1.165, 1.54) is 31.5 Å². The van der Waals surface area contributed by atoms with Gasteiger partial charge in [-0.15, -0.1) is 0 Å². The monoisotopic (exact) mass is 342 g/mol. The van der Waals surface area contributed by atoms with Crippen molar-refractivity contribution >= 4 is 5.91 Å². The lowest BCUT2D eigenvalue weighted by atomic mass is 9.92. The van der Waals surface area contributed by atoms with E-state index in [4.69, 9.17) is 4.74 Å². The number of hydrogen-bond donors (Lipinski definition) is 0. The summed E-state index contributed by atoms with van der Waals surface area (Å²) in [6.45, 7) is 9.24. The lowest BCUT2D eigenvalue weighted by Gasteiger charge is -2.38. The van der Waals surface area contributed by atoms with Gasteiger partial charge in [0.2, 0.25) is 5.91 Å². The van der Waals surface area contributed by atoms with Crippen molar-refractivity contribution in [3.63, 3.8) is 0 Å². The quantitative estimate of drug-likeness (QED) is 0.795. The molecule has 2 atom stereocenters. The standard InChI is InChI=1S/C21H30N2O2/c1-16(2)14-25-18-6-4-17(5-7-18)13-23-15-21(9-8-20(23)24)12-19(21)22-10-3-11-22/h4-7,16,19H,3,8-15H2,1-2H3. The molecule has 0 bridgehead atoms. The summed E-state index contributed by atoms with van der Waals surface area (Å²) in [6.07, 6.45) is 4.45. The topological polar surface area (TPSA) is 32.8 Å². The van der Waals surface area contributed by atoms with Crippen LogP contribution in [0, 0.1) is 11.3 Å². The van der Waals surface area contributed by atoms with Gasteiger partial charge in [-0.05, 0) is 56.0 Å². The van der Waals surface area contributed by atoms with Gasteiger partial charge in [0.05, 0.1) is 6.61 Å². The summed E-state index contributed by atoms with van der Waals surface area (Å²) < 4.78 is 5.75. The van der Waals surface area contributed by atoms with Gasteiger partial charge in [-0.2, -0.15) is 0 Å². The van der Waals surface area contributed by atoms with E-state index >= 15 is 0 Å². The first kappa shape index (κ1) is 16.9. The fourth-order valence-electron chi connectivity index (χ4n) is 4.31. The number of ether oxygens (including phenoxy) is 1. The highest BCUT2D eigenvalue weighted by Gasteiger charge is 2.59. The molecule has 2 unspecified atom stereocenters. The molecule has 1 spiro atoms. The van der Waals surface area contributed by atoms with E-state index in [-0.39, 0.29) is 0 Å². The molecule has 4 rings (SSSR count). The Bertz CT molecular complexity index is 623. The molecular weight excluding hydrogens is 312 g/mol. The molecule has 3 fully saturated rings. The normalized spacial score (nSPS) is 29.2. The number of amides is 1. The molecule has 4 heteroatoms. The number of piperidine rings is 1. The van der Waals surface area contributed by atoms with E-state index in [1.807, 2.05) is 12.1 Å². The first-order valence-electron chi connectivity index (χ1n) is 9.79. The van der Waals surface area contributed by atoms with Crippen LogP contribution in [0.2, 0.25) is 0 Å². The number of nitrogens with zero attached hydrogens (tertiary/aromatic N) is 2. The van der Waals surface area contributed by atoms with Gasteiger partial charge in [0, 0.05) is 31.0 Å². The third-order valence-electron chi connectivity index (χ3n) is 6.05. The van der Waals surface area contributed by atoms with Gasteiger partial charge in [0.25, 0.3) is 0 Å². The van der Waals surface area contributed by atoms with E-state index in [2.05, 4.69) is 35.8 Å². The highest BCUT2D eigenvalue weighted by molar-refractivity contribution is 5.77. The second kappa shape index (κ2) is 6.64. The molecule has 2 aliphatic heterocycles. The van der Waals surface area contributed by atoms with Crippen molar-refractivity contribution in [3.05, 3.63) is 29.8 Å². The Morgan fingerprint density at radius 3 is 2.64 bits per heavy atom. The maximum Gasteiger partial charge on any atom is 0.222 e. The zero-order valence-electron chi connectivity index (χ0n) is 15.5. The van der Waals surface area contributed by atoms with E-state index in [0.29, 0.717) is 17.2 Å². The van der Waals surface area contributed by atoms with Crippen molar-refractivity contribution < 1.29 is 9.53 Å². The molecule has 0 radical (unpaired) electrons. The molecular formula is C21H30N2O2. The SMILES string of the molecule is CC(C)COc1ccc(CN2CC3(CCC2=O)CC3N2CCC2)cc1. The molecule has 0 N–H and O–H groups in total. The molecule has 1 aromatic rings. The number of carbonyl (C=O) groups excluding carboxylic acids is 1. The average Bonchev–Trinajstić information content (AvgIpc) is 3.21. The summed E-state index contributed by atoms with van der Waals surface area (Å²) >= 11 is 0. The molecule has 1 aromatic carbocycles. The average molecular weight is 342 g/mol. The number of hydrogen-bond acceptors (Lipinski definition) is 3. The first-order valence-corrected chi connectivity index (χ1v) is 9.79. The first-order chi connectivity index (χ1) is 12.1. The van der Waals surface area contributed by atoms with Crippen LogP contribution in [0.15, 0.2) is 24.3 Å². The largest absolute Gasteiger partial charge is 0.493 e. The van der Waals surface area contributed by atoms with Gasteiger partial charge in [0.1, 0.15) is 5.75 Å². The lowest BCUT2D eigenvalue weighted by Crippen LogP contribution is -2.46. The zero-order chi connectivity index (χ0) is 17.4. The van der Waals surface area contributed by atoms with Gasteiger partial charge in [0.15, 0.2) is 0 Å². The van der Waals surface area contributed by atoms with Crippen LogP contribution in [-0.4, -0.2) is 48.0 Å². The number of carbonyl (C=O) groups is 1. The Balaban J connectivity index is 1.35. The molecule has 1 aliphatic carbocycles. The Hall–Kier alpha value is -1.55. The molecule has 1 amide bonds. The summed E-state index contributed by atoms with van der Waals surface area (Å²) in [5.41, 5.74) is 1.60. The smallest absolute Gasteiger partial charge is 0.222 e. The second-order valence-corrected chi connectivity index (χ2v) is 8.57.